The summed E-state index contributed by atoms with van der Waals surface area (Å²) in [5, 5.41) is 0. The Kier molecular flexibility index (Phi) is 11.7. The lowest BCUT2D eigenvalue weighted by molar-refractivity contribution is 0.655. The third-order valence-electron chi connectivity index (χ3n) is 3.99. The van der Waals surface area contributed by atoms with E-state index in [0.717, 1.165) is 30.4 Å². The first kappa shape index (κ1) is 23.6. The van der Waals surface area contributed by atoms with Crippen LogP contribution in [0.2, 0.25) is 0 Å². The van der Waals surface area contributed by atoms with Crippen LogP contribution in [0.3, 0.4) is 0 Å². The molecule has 0 heterocycles. The summed E-state index contributed by atoms with van der Waals surface area (Å²) in [7, 11) is 0. The Morgan fingerprint density at radius 3 is 1.88 bits per heavy atom. The second-order valence-electron chi connectivity index (χ2n) is 6.34. The lowest BCUT2D eigenvalue weighted by Crippen LogP contribution is -1.88. The van der Waals surface area contributed by atoms with Crippen LogP contribution in [0.25, 0.3) is 0 Å². The van der Waals surface area contributed by atoms with E-state index >= 15 is 0 Å². The molecule has 0 unspecified atom stereocenters. The molecular weight excluding hydrogens is 319 g/mol. The maximum atomic E-state index is 14.4. The van der Waals surface area contributed by atoms with Gasteiger partial charge in [-0.3, -0.25) is 0 Å². The highest BCUT2D eigenvalue weighted by molar-refractivity contribution is 5.52. The first-order valence-corrected chi connectivity index (χ1v) is 9.08. The van der Waals surface area contributed by atoms with E-state index in [9.17, 15) is 4.39 Å². The molecule has 0 bridgehead atoms. The first-order chi connectivity index (χ1) is 12.2. The van der Waals surface area contributed by atoms with Crippen LogP contribution in [0.1, 0.15) is 46.0 Å². The zero-order valence-electron chi connectivity index (χ0n) is 16.5. The van der Waals surface area contributed by atoms with Crippen LogP contribution in [0.15, 0.2) is 109 Å². The summed E-state index contributed by atoms with van der Waals surface area (Å²) in [5.74, 6) is -0.469. The molecule has 140 valence electrons. The Morgan fingerprint density at radius 1 is 0.731 bits per heavy atom. The minimum absolute atomic E-state index is 0.229. The quantitative estimate of drug-likeness (QED) is 0.231. The number of rotatable bonds is 13. The van der Waals surface area contributed by atoms with Crippen molar-refractivity contribution in [2.24, 2.45) is 0 Å². The standard InChI is InChI=1S/C25H33F/c1-9-11-12-13-20(4)15-16-21(5)23(7)18-25(26)24(8)22(6)17-14-19(3)10-2/h14-18H,3-13H2,1-2H3/b16-15-,17-14-,25-18+. The summed E-state index contributed by atoms with van der Waals surface area (Å²) in [6, 6.07) is 0. The molecule has 0 rings (SSSR count). The molecule has 0 aromatic heterocycles. The summed E-state index contributed by atoms with van der Waals surface area (Å²) in [6.07, 6.45) is 13.9. The molecule has 0 saturated heterocycles. The average Bonchev–Trinajstić information content (AvgIpc) is 2.62. The van der Waals surface area contributed by atoms with Crippen molar-refractivity contribution in [2.45, 2.75) is 46.0 Å². The van der Waals surface area contributed by atoms with Crippen LogP contribution in [-0.2, 0) is 0 Å². The van der Waals surface area contributed by atoms with E-state index < -0.39 is 5.83 Å². The van der Waals surface area contributed by atoms with Crippen molar-refractivity contribution in [3.63, 3.8) is 0 Å². The van der Waals surface area contributed by atoms with Gasteiger partial charge < -0.3 is 0 Å². The zero-order valence-corrected chi connectivity index (χ0v) is 16.5. The van der Waals surface area contributed by atoms with Crippen LogP contribution in [-0.4, -0.2) is 0 Å². The minimum atomic E-state index is -0.469. The fraction of sp³-hybridized carbons (Fsp3) is 0.280. The Hall–Kier alpha value is -2.41. The number of halogens is 1. The zero-order chi connectivity index (χ0) is 20.1. The van der Waals surface area contributed by atoms with E-state index in [1.54, 1.807) is 6.08 Å². The lowest BCUT2D eigenvalue weighted by Gasteiger charge is -2.06. The molecule has 1 heteroatoms. The Bertz CT molecular complexity index is 662. The van der Waals surface area contributed by atoms with Crippen molar-refractivity contribution in [3.05, 3.63) is 109 Å². The van der Waals surface area contributed by atoms with Gasteiger partial charge in [-0.1, -0.05) is 102 Å². The summed E-state index contributed by atoms with van der Waals surface area (Å²) >= 11 is 0. The predicted molar refractivity (Wildman–Crippen MR) is 117 cm³/mol. The average molecular weight is 353 g/mol. The van der Waals surface area contributed by atoms with Crippen molar-refractivity contribution in [2.75, 3.05) is 0 Å². The van der Waals surface area contributed by atoms with Gasteiger partial charge in [-0.15, -0.1) is 0 Å². The number of allylic oxidation sites excluding steroid dienone is 12. The molecule has 26 heavy (non-hydrogen) atoms. The second kappa shape index (κ2) is 12.9. The molecule has 0 atom stereocenters. The fourth-order valence-electron chi connectivity index (χ4n) is 1.93. The van der Waals surface area contributed by atoms with Crippen LogP contribution < -0.4 is 0 Å². The highest BCUT2D eigenvalue weighted by Gasteiger charge is 2.05. The summed E-state index contributed by atoms with van der Waals surface area (Å²) in [6.45, 7) is 27.5. The molecule has 0 N–H and O–H groups in total. The topological polar surface area (TPSA) is 0 Å². The largest absolute Gasteiger partial charge is 0.206 e. The molecule has 0 fully saturated rings. The molecule has 0 amide bonds. The molecule has 0 aromatic carbocycles. The maximum absolute atomic E-state index is 14.4. The van der Waals surface area contributed by atoms with Gasteiger partial charge in [0, 0.05) is 5.57 Å². The molecule has 0 saturated carbocycles. The van der Waals surface area contributed by atoms with Gasteiger partial charge in [0.25, 0.3) is 0 Å². The number of hydrogen-bond donors (Lipinski definition) is 0. The summed E-state index contributed by atoms with van der Waals surface area (Å²) in [4.78, 5) is 0. The van der Waals surface area contributed by atoms with Crippen LogP contribution in [0, 0.1) is 0 Å². The van der Waals surface area contributed by atoms with Gasteiger partial charge in [-0.05, 0) is 42.1 Å². The van der Waals surface area contributed by atoms with Crippen molar-refractivity contribution in [1.82, 2.24) is 0 Å². The molecule has 0 radical (unpaired) electrons. The van der Waals surface area contributed by atoms with Gasteiger partial charge >= 0.3 is 0 Å². The molecule has 0 spiro atoms. The van der Waals surface area contributed by atoms with Gasteiger partial charge in [0.15, 0.2) is 0 Å². The third kappa shape index (κ3) is 9.78. The molecule has 0 aliphatic carbocycles. The van der Waals surface area contributed by atoms with Gasteiger partial charge in [0.1, 0.15) is 5.83 Å². The monoisotopic (exact) mass is 352 g/mol. The Labute approximate surface area is 159 Å². The number of unbranched alkanes of at least 4 members (excludes halogenated alkanes) is 2. The van der Waals surface area contributed by atoms with E-state index in [4.69, 9.17) is 0 Å². The van der Waals surface area contributed by atoms with E-state index in [-0.39, 0.29) is 5.57 Å². The SMILES string of the molecule is C=C(/C=C\C(=C)C(=C)/C(F)=C\C(=C)C(=C)/C=C\C(=C)CCCCC)CC. The van der Waals surface area contributed by atoms with E-state index in [2.05, 4.69) is 46.4 Å². The molecule has 0 aliphatic rings. The molecule has 0 nitrogen and oxygen atoms in total. The third-order valence-corrected chi connectivity index (χ3v) is 3.99. The van der Waals surface area contributed by atoms with Gasteiger partial charge in [0.05, 0.1) is 0 Å². The normalized spacial score (nSPS) is 11.7. The fourth-order valence-corrected chi connectivity index (χ4v) is 1.93. The van der Waals surface area contributed by atoms with Crippen molar-refractivity contribution in [3.8, 4) is 0 Å². The van der Waals surface area contributed by atoms with Crippen LogP contribution in [0.5, 0.6) is 0 Å². The van der Waals surface area contributed by atoms with Gasteiger partial charge in [0.2, 0.25) is 0 Å². The Morgan fingerprint density at radius 2 is 1.31 bits per heavy atom. The van der Waals surface area contributed by atoms with E-state index in [0.29, 0.717) is 16.7 Å². The van der Waals surface area contributed by atoms with Gasteiger partial charge in [-0.2, -0.15) is 0 Å². The van der Waals surface area contributed by atoms with Crippen molar-refractivity contribution >= 4 is 0 Å². The van der Waals surface area contributed by atoms with Crippen molar-refractivity contribution in [1.29, 1.82) is 0 Å². The number of hydrogen-bond acceptors (Lipinski definition) is 0. The predicted octanol–water partition coefficient (Wildman–Crippen LogP) is 8.28. The summed E-state index contributed by atoms with van der Waals surface area (Å²) < 4.78 is 14.4. The Balaban J connectivity index is 4.79. The highest BCUT2D eigenvalue weighted by Crippen LogP contribution is 2.23. The van der Waals surface area contributed by atoms with Gasteiger partial charge in [-0.25, -0.2) is 4.39 Å². The van der Waals surface area contributed by atoms with Crippen LogP contribution >= 0.6 is 0 Å². The second-order valence-corrected chi connectivity index (χ2v) is 6.34. The molecule has 0 aliphatic heterocycles. The maximum Gasteiger partial charge on any atom is 0.131 e. The van der Waals surface area contributed by atoms with E-state index in [1.165, 1.54) is 18.9 Å². The van der Waals surface area contributed by atoms with Crippen molar-refractivity contribution < 1.29 is 4.39 Å². The van der Waals surface area contributed by atoms with E-state index in [1.807, 2.05) is 25.2 Å². The molecule has 0 aromatic rings. The lowest BCUT2D eigenvalue weighted by atomic mass is 10.0. The minimum Gasteiger partial charge on any atom is -0.206 e. The highest BCUT2D eigenvalue weighted by atomic mass is 19.1. The van der Waals surface area contributed by atoms with Crippen LogP contribution in [0.4, 0.5) is 4.39 Å². The summed E-state index contributed by atoms with van der Waals surface area (Å²) in [5.41, 5.74) is 3.86. The molecular formula is C25H33F. The first-order valence-electron chi connectivity index (χ1n) is 9.08. The smallest absolute Gasteiger partial charge is 0.131 e.